The van der Waals surface area contributed by atoms with Crippen LogP contribution in [0, 0.1) is 12.3 Å². The smallest absolute Gasteiger partial charge is 0.170 e. The molecule has 0 aromatic heterocycles. The van der Waals surface area contributed by atoms with Crippen LogP contribution in [0.25, 0.3) is 0 Å². The van der Waals surface area contributed by atoms with Crippen LogP contribution in [0.4, 0.5) is 0 Å². The summed E-state index contributed by atoms with van der Waals surface area (Å²) >= 11 is 0. The molecular weight excluding hydrogens is 214 g/mol. The number of nitrogens with one attached hydrogen (secondary N) is 1. The second kappa shape index (κ2) is 4.49. The summed E-state index contributed by atoms with van der Waals surface area (Å²) in [6, 6.07) is 5.67. The van der Waals surface area contributed by atoms with E-state index in [-0.39, 0.29) is 11.2 Å². The summed E-state index contributed by atoms with van der Waals surface area (Å²) in [7, 11) is 3.54. The molecule has 17 heavy (non-hydrogen) atoms. The van der Waals surface area contributed by atoms with Gasteiger partial charge in [0.25, 0.3) is 0 Å². The third-order valence-corrected chi connectivity index (χ3v) is 3.51. The van der Waals surface area contributed by atoms with E-state index >= 15 is 0 Å². The number of ketones is 1. The molecule has 1 saturated carbocycles. The summed E-state index contributed by atoms with van der Waals surface area (Å²) in [4.78, 5) is 12.4. The van der Waals surface area contributed by atoms with Gasteiger partial charge in [0.15, 0.2) is 5.78 Å². The zero-order valence-corrected chi connectivity index (χ0v) is 10.7. The lowest BCUT2D eigenvalue weighted by molar-refractivity contribution is 0.0900. The minimum Gasteiger partial charge on any atom is -0.496 e. The molecular formula is C14H19NO2. The summed E-state index contributed by atoms with van der Waals surface area (Å²) in [5.74, 6) is 1.10. The van der Waals surface area contributed by atoms with Crippen LogP contribution in [0.1, 0.15) is 28.8 Å². The first-order valence-corrected chi connectivity index (χ1v) is 5.97. The quantitative estimate of drug-likeness (QED) is 0.792. The van der Waals surface area contributed by atoms with E-state index in [0.717, 1.165) is 36.3 Å². The van der Waals surface area contributed by atoms with E-state index in [4.69, 9.17) is 4.74 Å². The largest absolute Gasteiger partial charge is 0.496 e. The highest BCUT2D eigenvalue weighted by Crippen LogP contribution is 2.47. The fraction of sp³-hybridized carbons (Fsp3) is 0.500. The monoisotopic (exact) mass is 233 g/mol. The zero-order chi connectivity index (χ0) is 12.5. The maximum Gasteiger partial charge on any atom is 0.170 e. The number of rotatable bonds is 5. The second-order valence-corrected chi connectivity index (χ2v) is 4.82. The molecule has 0 aliphatic heterocycles. The summed E-state index contributed by atoms with van der Waals surface area (Å²) in [6.07, 6.45) is 2.00. The minimum absolute atomic E-state index is 0.143. The molecule has 0 heterocycles. The van der Waals surface area contributed by atoms with Crippen molar-refractivity contribution < 1.29 is 9.53 Å². The van der Waals surface area contributed by atoms with Crippen molar-refractivity contribution in [2.24, 2.45) is 5.41 Å². The number of ether oxygens (including phenoxy) is 1. The van der Waals surface area contributed by atoms with Crippen LogP contribution in [0.2, 0.25) is 0 Å². The molecule has 1 aromatic carbocycles. The van der Waals surface area contributed by atoms with Crippen molar-refractivity contribution in [3.05, 3.63) is 29.3 Å². The highest BCUT2D eigenvalue weighted by molar-refractivity contribution is 6.02. The molecule has 0 unspecified atom stereocenters. The lowest BCUT2D eigenvalue weighted by atomic mass is 9.93. The molecule has 0 atom stereocenters. The third kappa shape index (κ3) is 2.20. The predicted molar refractivity (Wildman–Crippen MR) is 67.7 cm³/mol. The van der Waals surface area contributed by atoms with Gasteiger partial charge in [0.05, 0.1) is 7.11 Å². The predicted octanol–water partition coefficient (Wildman–Crippen LogP) is 2.19. The topological polar surface area (TPSA) is 38.3 Å². The van der Waals surface area contributed by atoms with E-state index in [1.807, 2.05) is 32.2 Å². The van der Waals surface area contributed by atoms with E-state index < -0.39 is 0 Å². The van der Waals surface area contributed by atoms with Crippen LogP contribution in [0.5, 0.6) is 5.75 Å². The van der Waals surface area contributed by atoms with Crippen LogP contribution in [0.15, 0.2) is 18.2 Å². The van der Waals surface area contributed by atoms with Gasteiger partial charge in [0.2, 0.25) is 0 Å². The van der Waals surface area contributed by atoms with Gasteiger partial charge >= 0.3 is 0 Å². The van der Waals surface area contributed by atoms with E-state index in [9.17, 15) is 4.79 Å². The lowest BCUT2D eigenvalue weighted by Gasteiger charge is -2.14. The molecule has 0 bridgehead atoms. The van der Waals surface area contributed by atoms with E-state index in [1.54, 1.807) is 7.11 Å². The molecule has 0 amide bonds. The molecule has 1 fully saturated rings. The SMILES string of the molecule is CNCC1(C(=O)c2ccc(OC)c(C)c2)CC1. The molecule has 1 aromatic rings. The van der Waals surface area contributed by atoms with Crippen molar-refractivity contribution in [1.29, 1.82) is 0 Å². The highest BCUT2D eigenvalue weighted by atomic mass is 16.5. The van der Waals surface area contributed by atoms with E-state index in [2.05, 4.69) is 5.32 Å². The fourth-order valence-corrected chi connectivity index (χ4v) is 2.30. The summed E-state index contributed by atoms with van der Waals surface area (Å²) in [5, 5.41) is 3.11. The van der Waals surface area contributed by atoms with Crippen molar-refractivity contribution in [3.8, 4) is 5.75 Å². The minimum atomic E-state index is -0.143. The number of hydrogen-bond donors (Lipinski definition) is 1. The molecule has 0 spiro atoms. The van der Waals surface area contributed by atoms with Gasteiger partial charge in [-0.25, -0.2) is 0 Å². The van der Waals surface area contributed by atoms with Gasteiger partial charge in [0, 0.05) is 17.5 Å². The third-order valence-electron chi connectivity index (χ3n) is 3.51. The molecule has 0 saturated heterocycles. The van der Waals surface area contributed by atoms with Crippen LogP contribution < -0.4 is 10.1 Å². The Morgan fingerprint density at radius 1 is 1.47 bits per heavy atom. The van der Waals surface area contributed by atoms with E-state index in [1.165, 1.54) is 0 Å². The average Bonchev–Trinajstić information content (AvgIpc) is 3.09. The first-order chi connectivity index (χ1) is 8.13. The molecule has 0 radical (unpaired) electrons. The average molecular weight is 233 g/mol. The van der Waals surface area contributed by atoms with Gasteiger partial charge in [-0.05, 0) is 50.6 Å². The maximum atomic E-state index is 12.4. The molecule has 1 aliphatic rings. The number of carbonyl (C=O) groups excluding carboxylic acids is 1. The highest BCUT2D eigenvalue weighted by Gasteiger charge is 2.49. The maximum absolute atomic E-state index is 12.4. The van der Waals surface area contributed by atoms with Gasteiger partial charge in [0.1, 0.15) is 5.75 Å². The summed E-state index contributed by atoms with van der Waals surface area (Å²) in [5.41, 5.74) is 1.67. The number of benzene rings is 1. The number of hydrogen-bond acceptors (Lipinski definition) is 3. The molecule has 1 aliphatic carbocycles. The van der Waals surface area contributed by atoms with Gasteiger partial charge in [-0.1, -0.05) is 0 Å². The Bertz CT molecular complexity index is 436. The second-order valence-electron chi connectivity index (χ2n) is 4.82. The molecule has 92 valence electrons. The molecule has 3 nitrogen and oxygen atoms in total. The standard InChI is InChI=1S/C14H19NO2/c1-10-8-11(4-5-12(10)17-3)13(16)14(6-7-14)9-15-2/h4-5,8,15H,6-7,9H2,1-3H3. The number of carbonyl (C=O) groups is 1. The fourth-order valence-electron chi connectivity index (χ4n) is 2.30. The summed E-state index contributed by atoms with van der Waals surface area (Å²) in [6.45, 7) is 2.74. The summed E-state index contributed by atoms with van der Waals surface area (Å²) < 4.78 is 5.20. The van der Waals surface area contributed by atoms with Crippen molar-refractivity contribution in [3.63, 3.8) is 0 Å². The number of aryl methyl sites for hydroxylation is 1. The Morgan fingerprint density at radius 2 is 2.18 bits per heavy atom. The Morgan fingerprint density at radius 3 is 2.65 bits per heavy atom. The van der Waals surface area contributed by atoms with Crippen LogP contribution in [-0.2, 0) is 0 Å². The first-order valence-electron chi connectivity index (χ1n) is 5.97. The Hall–Kier alpha value is -1.35. The van der Waals surface area contributed by atoms with Gasteiger partial charge in [-0.3, -0.25) is 4.79 Å². The van der Waals surface area contributed by atoms with Crippen LogP contribution in [0.3, 0.4) is 0 Å². The molecule has 1 N–H and O–H groups in total. The van der Waals surface area contributed by atoms with Crippen LogP contribution in [-0.4, -0.2) is 26.5 Å². The van der Waals surface area contributed by atoms with Crippen molar-refractivity contribution in [1.82, 2.24) is 5.32 Å². The van der Waals surface area contributed by atoms with E-state index in [0.29, 0.717) is 0 Å². The van der Waals surface area contributed by atoms with Crippen molar-refractivity contribution in [2.75, 3.05) is 20.7 Å². The van der Waals surface area contributed by atoms with Gasteiger partial charge in [-0.2, -0.15) is 0 Å². The van der Waals surface area contributed by atoms with Crippen molar-refractivity contribution in [2.45, 2.75) is 19.8 Å². The zero-order valence-electron chi connectivity index (χ0n) is 10.7. The first kappa shape index (κ1) is 12.1. The Kier molecular flexibility index (Phi) is 3.20. The van der Waals surface area contributed by atoms with Crippen molar-refractivity contribution >= 4 is 5.78 Å². The number of Topliss-reactive ketones (excluding diaryl/α,β-unsaturated/α-hetero) is 1. The Balaban J connectivity index is 2.23. The normalized spacial score (nSPS) is 16.6. The molecule has 2 rings (SSSR count). The van der Waals surface area contributed by atoms with Crippen LogP contribution >= 0.6 is 0 Å². The Labute approximate surface area is 102 Å². The van der Waals surface area contributed by atoms with Gasteiger partial charge in [-0.15, -0.1) is 0 Å². The number of methoxy groups -OCH3 is 1. The van der Waals surface area contributed by atoms with Gasteiger partial charge < -0.3 is 10.1 Å². The molecule has 3 heteroatoms. The lowest BCUT2D eigenvalue weighted by Crippen LogP contribution is -2.28.